The van der Waals surface area contributed by atoms with Gasteiger partial charge in [-0.15, -0.1) is 11.6 Å². The molecule has 0 aromatic heterocycles. The highest BCUT2D eigenvalue weighted by molar-refractivity contribution is 6.18. The van der Waals surface area contributed by atoms with Crippen molar-refractivity contribution >= 4 is 11.6 Å². The van der Waals surface area contributed by atoms with Crippen LogP contribution in [-0.4, -0.2) is 25.9 Å². The third kappa shape index (κ3) is 6.65. The molecule has 0 amide bonds. The Morgan fingerprint density at radius 2 is 2.25 bits per heavy atom. The third-order valence-corrected chi connectivity index (χ3v) is 1.59. The molecule has 0 spiro atoms. The van der Waals surface area contributed by atoms with Crippen molar-refractivity contribution in [3.05, 3.63) is 12.2 Å². The van der Waals surface area contributed by atoms with E-state index in [0.717, 1.165) is 12.8 Å². The highest BCUT2D eigenvalue weighted by atomic mass is 35.5. The molecule has 0 aliphatic heterocycles. The Morgan fingerprint density at radius 1 is 1.50 bits per heavy atom. The van der Waals surface area contributed by atoms with Crippen molar-refractivity contribution in [2.45, 2.75) is 25.9 Å². The minimum absolute atomic E-state index is 0.147. The van der Waals surface area contributed by atoms with E-state index >= 15 is 0 Å². The lowest BCUT2D eigenvalue weighted by molar-refractivity contribution is -0.0575. The monoisotopic (exact) mass is 192 g/mol. The molecule has 0 heterocycles. The molecule has 12 heavy (non-hydrogen) atoms. The van der Waals surface area contributed by atoms with Gasteiger partial charge >= 0.3 is 0 Å². The molecule has 0 radical (unpaired) electrons. The number of ether oxygens (including phenoxy) is 2. The summed E-state index contributed by atoms with van der Waals surface area (Å²) in [6.07, 6.45) is 6.14. The van der Waals surface area contributed by atoms with Crippen molar-refractivity contribution in [3.63, 3.8) is 0 Å². The molecule has 0 N–H and O–H groups in total. The molecular formula is C9H17ClO2. The summed E-state index contributed by atoms with van der Waals surface area (Å²) in [5.74, 6) is 0.538. The van der Waals surface area contributed by atoms with E-state index in [9.17, 15) is 0 Å². The quantitative estimate of drug-likeness (QED) is 0.351. The van der Waals surface area contributed by atoms with Gasteiger partial charge in [-0.05, 0) is 6.42 Å². The lowest BCUT2D eigenvalue weighted by Crippen LogP contribution is -2.11. The topological polar surface area (TPSA) is 18.5 Å². The van der Waals surface area contributed by atoms with Crippen molar-refractivity contribution in [1.82, 2.24) is 0 Å². The third-order valence-electron chi connectivity index (χ3n) is 1.41. The van der Waals surface area contributed by atoms with Gasteiger partial charge in [-0.2, -0.15) is 0 Å². The fourth-order valence-electron chi connectivity index (χ4n) is 0.878. The maximum atomic E-state index is 5.51. The van der Waals surface area contributed by atoms with Crippen molar-refractivity contribution in [3.8, 4) is 0 Å². The van der Waals surface area contributed by atoms with Gasteiger partial charge in [0.1, 0.15) is 6.79 Å². The Labute approximate surface area is 79.5 Å². The van der Waals surface area contributed by atoms with Gasteiger partial charge in [0, 0.05) is 13.0 Å². The van der Waals surface area contributed by atoms with Crippen LogP contribution in [0.3, 0.4) is 0 Å². The minimum atomic E-state index is 0.147. The van der Waals surface area contributed by atoms with Crippen LogP contribution in [-0.2, 0) is 9.47 Å². The average Bonchev–Trinajstić information content (AvgIpc) is 2.10. The van der Waals surface area contributed by atoms with Gasteiger partial charge in [-0.25, -0.2) is 0 Å². The molecule has 0 aliphatic carbocycles. The van der Waals surface area contributed by atoms with Crippen LogP contribution in [0.4, 0.5) is 0 Å². The molecule has 1 atom stereocenters. The second-order valence-corrected chi connectivity index (χ2v) is 2.79. The van der Waals surface area contributed by atoms with E-state index < -0.39 is 0 Å². The van der Waals surface area contributed by atoms with Crippen LogP contribution < -0.4 is 0 Å². The standard InChI is InChI=1S/C9H17ClO2/c1-3-5-9(6-4-7-10)12-8-11-2/h4,6,9H,3,5,7-8H2,1-2H3/b6-4+. The van der Waals surface area contributed by atoms with E-state index in [1.165, 1.54) is 0 Å². The normalized spacial score (nSPS) is 13.9. The molecule has 72 valence electrons. The first-order valence-corrected chi connectivity index (χ1v) is 4.71. The highest BCUT2D eigenvalue weighted by Gasteiger charge is 2.01. The number of allylic oxidation sites excluding steroid dienone is 1. The zero-order chi connectivity index (χ0) is 9.23. The fraction of sp³-hybridized carbons (Fsp3) is 0.778. The first kappa shape index (κ1) is 11.9. The Balaban J connectivity index is 3.61. The maximum absolute atomic E-state index is 5.51. The van der Waals surface area contributed by atoms with E-state index in [4.69, 9.17) is 21.1 Å². The summed E-state index contributed by atoms with van der Waals surface area (Å²) in [7, 11) is 1.62. The first-order chi connectivity index (χ1) is 5.85. The highest BCUT2D eigenvalue weighted by Crippen LogP contribution is 2.03. The second-order valence-electron chi connectivity index (χ2n) is 2.48. The van der Waals surface area contributed by atoms with Gasteiger partial charge in [0.25, 0.3) is 0 Å². The largest absolute Gasteiger partial charge is 0.359 e. The summed E-state index contributed by atoms with van der Waals surface area (Å²) in [6, 6.07) is 0. The van der Waals surface area contributed by atoms with E-state index in [0.29, 0.717) is 12.7 Å². The summed E-state index contributed by atoms with van der Waals surface area (Å²) in [6.45, 7) is 2.47. The minimum Gasteiger partial charge on any atom is -0.359 e. The molecule has 0 aromatic carbocycles. The van der Waals surface area contributed by atoms with Gasteiger partial charge in [0.15, 0.2) is 0 Å². The van der Waals surface area contributed by atoms with Gasteiger partial charge < -0.3 is 9.47 Å². The predicted molar refractivity (Wildman–Crippen MR) is 51.5 cm³/mol. The number of alkyl halides is 1. The predicted octanol–water partition coefficient (Wildman–Crippen LogP) is 2.57. The molecular weight excluding hydrogens is 176 g/mol. The average molecular weight is 193 g/mol. The number of hydrogen-bond donors (Lipinski definition) is 0. The summed E-state index contributed by atoms with van der Waals surface area (Å²) in [5, 5.41) is 0. The van der Waals surface area contributed by atoms with Gasteiger partial charge in [-0.3, -0.25) is 0 Å². The lowest BCUT2D eigenvalue weighted by atomic mass is 10.2. The van der Waals surface area contributed by atoms with Crippen LogP contribution in [0.5, 0.6) is 0 Å². The molecule has 0 saturated carbocycles. The molecule has 3 heteroatoms. The number of halogens is 1. The SMILES string of the molecule is CCCC(/C=C/CCl)OCOC. The van der Waals surface area contributed by atoms with E-state index in [1.54, 1.807) is 7.11 Å². The summed E-state index contributed by atoms with van der Waals surface area (Å²) in [5.41, 5.74) is 0. The second kappa shape index (κ2) is 9.04. The molecule has 2 nitrogen and oxygen atoms in total. The van der Waals surface area contributed by atoms with E-state index in [2.05, 4.69) is 6.92 Å². The maximum Gasteiger partial charge on any atom is 0.147 e. The van der Waals surface area contributed by atoms with Crippen LogP contribution >= 0.6 is 11.6 Å². The van der Waals surface area contributed by atoms with E-state index in [-0.39, 0.29) is 6.10 Å². The van der Waals surface area contributed by atoms with Gasteiger partial charge in [-0.1, -0.05) is 25.5 Å². The summed E-state index contributed by atoms with van der Waals surface area (Å²) >= 11 is 5.51. The van der Waals surface area contributed by atoms with Gasteiger partial charge in [0.05, 0.1) is 6.10 Å². The lowest BCUT2D eigenvalue weighted by Gasteiger charge is -2.11. The number of methoxy groups -OCH3 is 1. The smallest absolute Gasteiger partial charge is 0.147 e. The summed E-state index contributed by atoms with van der Waals surface area (Å²) < 4.78 is 10.2. The molecule has 1 unspecified atom stereocenters. The Bertz CT molecular complexity index is 115. The Hall–Kier alpha value is -0.0500. The molecule has 0 rings (SSSR count). The zero-order valence-electron chi connectivity index (χ0n) is 7.75. The molecule has 0 bridgehead atoms. The van der Waals surface area contributed by atoms with Crippen molar-refractivity contribution < 1.29 is 9.47 Å². The van der Waals surface area contributed by atoms with Crippen molar-refractivity contribution in [2.75, 3.05) is 19.8 Å². The first-order valence-electron chi connectivity index (χ1n) is 4.18. The molecule has 0 fully saturated rings. The van der Waals surface area contributed by atoms with Crippen LogP contribution in [0, 0.1) is 0 Å². The Kier molecular flexibility index (Phi) is 9.00. The summed E-state index contributed by atoms with van der Waals surface area (Å²) in [4.78, 5) is 0. The van der Waals surface area contributed by atoms with Crippen molar-refractivity contribution in [2.24, 2.45) is 0 Å². The van der Waals surface area contributed by atoms with E-state index in [1.807, 2.05) is 12.2 Å². The van der Waals surface area contributed by atoms with Crippen LogP contribution in [0.25, 0.3) is 0 Å². The molecule has 0 saturated heterocycles. The number of hydrogen-bond acceptors (Lipinski definition) is 2. The number of rotatable bonds is 7. The van der Waals surface area contributed by atoms with Crippen LogP contribution in [0.1, 0.15) is 19.8 Å². The molecule has 0 aromatic rings. The van der Waals surface area contributed by atoms with Crippen molar-refractivity contribution in [1.29, 1.82) is 0 Å². The van der Waals surface area contributed by atoms with Gasteiger partial charge in [0.2, 0.25) is 0 Å². The Morgan fingerprint density at radius 3 is 2.75 bits per heavy atom. The van der Waals surface area contributed by atoms with Crippen LogP contribution in [0.2, 0.25) is 0 Å². The fourth-order valence-corrected chi connectivity index (χ4v) is 0.981. The zero-order valence-corrected chi connectivity index (χ0v) is 8.51. The van der Waals surface area contributed by atoms with Crippen LogP contribution in [0.15, 0.2) is 12.2 Å². The molecule has 0 aliphatic rings.